The molecular weight excluding hydrogens is 412 g/mol. The number of sulfonamides is 1. The second-order valence-corrected chi connectivity index (χ2v) is 8.55. The van der Waals surface area contributed by atoms with Crippen LogP contribution in [0.5, 0.6) is 0 Å². The Morgan fingerprint density at radius 1 is 1.40 bits per heavy atom. The Hall–Kier alpha value is -0.150. The van der Waals surface area contributed by atoms with Crippen molar-refractivity contribution >= 4 is 47.6 Å². The minimum atomic E-state index is -3.61. The molecule has 8 heteroatoms. The molecule has 0 spiro atoms. The molecule has 0 amide bonds. The van der Waals surface area contributed by atoms with Crippen molar-refractivity contribution in [3.05, 3.63) is 21.1 Å². The summed E-state index contributed by atoms with van der Waals surface area (Å²) < 4.78 is 27.7. The summed E-state index contributed by atoms with van der Waals surface area (Å²) in [6.07, 6.45) is 0.162. The van der Waals surface area contributed by atoms with Crippen LogP contribution >= 0.6 is 31.9 Å². The summed E-state index contributed by atoms with van der Waals surface area (Å²) in [7, 11) is -3.61. The van der Waals surface area contributed by atoms with Crippen molar-refractivity contribution in [3.8, 4) is 0 Å². The Morgan fingerprint density at radius 3 is 2.40 bits per heavy atom. The molecule has 2 rings (SSSR count). The van der Waals surface area contributed by atoms with Crippen LogP contribution in [-0.2, 0) is 10.0 Å². The number of benzene rings is 1. The maximum Gasteiger partial charge on any atom is 0.245 e. The van der Waals surface area contributed by atoms with Gasteiger partial charge in [-0.3, -0.25) is 0 Å². The lowest BCUT2D eigenvalue weighted by Gasteiger charge is -2.19. The molecule has 1 fully saturated rings. The van der Waals surface area contributed by atoms with Crippen LogP contribution in [0, 0.1) is 5.92 Å². The number of rotatable bonds is 3. The molecule has 20 heavy (non-hydrogen) atoms. The number of nitrogen functional groups attached to an aromatic ring is 1. The highest BCUT2D eigenvalue weighted by molar-refractivity contribution is 9.11. The van der Waals surface area contributed by atoms with Gasteiger partial charge in [-0.05, 0) is 63.3 Å². The molecular formula is C12H16Br2N2O3S. The molecule has 1 aliphatic heterocycles. The van der Waals surface area contributed by atoms with Crippen molar-refractivity contribution in [2.45, 2.75) is 24.3 Å². The Balaban J connectivity index is 2.38. The third-order valence-electron chi connectivity index (χ3n) is 3.49. The van der Waals surface area contributed by atoms with Gasteiger partial charge in [0.2, 0.25) is 10.0 Å². The first kappa shape index (κ1) is 16.2. The Kier molecular flexibility index (Phi) is 4.80. The average molecular weight is 428 g/mol. The molecule has 0 aromatic heterocycles. The molecule has 5 nitrogen and oxygen atoms in total. The van der Waals surface area contributed by atoms with E-state index in [1.165, 1.54) is 4.31 Å². The van der Waals surface area contributed by atoms with Gasteiger partial charge in [0.1, 0.15) is 4.90 Å². The van der Waals surface area contributed by atoms with Gasteiger partial charge in [0, 0.05) is 27.7 Å². The summed E-state index contributed by atoms with van der Waals surface area (Å²) >= 11 is 6.52. The minimum absolute atomic E-state index is 0.0175. The quantitative estimate of drug-likeness (QED) is 0.724. The molecule has 1 saturated heterocycles. The lowest BCUT2D eigenvalue weighted by Crippen LogP contribution is -2.31. The number of nitrogens with two attached hydrogens (primary N) is 1. The van der Waals surface area contributed by atoms with E-state index in [1.807, 2.05) is 0 Å². The van der Waals surface area contributed by atoms with E-state index < -0.39 is 16.1 Å². The van der Waals surface area contributed by atoms with Crippen LogP contribution in [0.2, 0.25) is 0 Å². The topological polar surface area (TPSA) is 83.6 Å². The molecule has 0 saturated carbocycles. The highest BCUT2D eigenvalue weighted by Crippen LogP contribution is 2.36. The molecule has 0 bridgehead atoms. The molecule has 1 heterocycles. The van der Waals surface area contributed by atoms with E-state index in [0.717, 1.165) is 0 Å². The van der Waals surface area contributed by atoms with Crippen LogP contribution < -0.4 is 5.73 Å². The van der Waals surface area contributed by atoms with Crippen molar-refractivity contribution < 1.29 is 13.5 Å². The van der Waals surface area contributed by atoms with E-state index in [0.29, 0.717) is 34.1 Å². The summed E-state index contributed by atoms with van der Waals surface area (Å²) in [5.74, 6) is -0.0175. The van der Waals surface area contributed by atoms with Crippen molar-refractivity contribution in [2.24, 2.45) is 5.92 Å². The second kappa shape index (κ2) is 5.92. The third kappa shape index (κ3) is 3.04. The van der Waals surface area contributed by atoms with E-state index in [4.69, 9.17) is 5.73 Å². The lowest BCUT2D eigenvalue weighted by molar-refractivity contribution is 0.133. The summed E-state index contributed by atoms with van der Waals surface area (Å²) in [5.41, 5.74) is 6.16. The highest BCUT2D eigenvalue weighted by atomic mass is 79.9. The first-order valence-electron chi connectivity index (χ1n) is 6.16. The van der Waals surface area contributed by atoms with E-state index in [2.05, 4.69) is 31.9 Å². The monoisotopic (exact) mass is 426 g/mol. The number of halogens is 2. The van der Waals surface area contributed by atoms with Gasteiger partial charge in [0.05, 0.1) is 6.10 Å². The fourth-order valence-electron chi connectivity index (χ4n) is 2.32. The number of hydrogen-bond donors (Lipinski definition) is 2. The predicted octanol–water partition coefficient (Wildman–Crippen LogP) is 2.19. The van der Waals surface area contributed by atoms with Gasteiger partial charge >= 0.3 is 0 Å². The van der Waals surface area contributed by atoms with Gasteiger partial charge in [0.15, 0.2) is 0 Å². The molecule has 1 aromatic carbocycles. The summed E-state index contributed by atoms with van der Waals surface area (Å²) in [6, 6.07) is 3.14. The van der Waals surface area contributed by atoms with Crippen LogP contribution in [-0.4, -0.2) is 37.0 Å². The molecule has 112 valence electrons. The van der Waals surface area contributed by atoms with Crippen LogP contribution in [0.1, 0.15) is 13.3 Å². The van der Waals surface area contributed by atoms with Crippen molar-refractivity contribution in [1.29, 1.82) is 0 Å². The summed E-state index contributed by atoms with van der Waals surface area (Å²) in [5, 5.41) is 9.60. The largest absolute Gasteiger partial charge is 0.399 e. The van der Waals surface area contributed by atoms with E-state index in [1.54, 1.807) is 19.1 Å². The number of hydrogen-bond acceptors (Lipinski definition) is 4. The summed E-state index contributed by atoms with van der Waals surface area (Å²) in [4.78, 5) is 0.179. The van der Waals surface area contributed by atoms with Gasteiger partial charge in [0.25, 0.3) is 0 Å². The normalized spacial score (nSPS) is 22.1. The lowest BCUT2D eigenvalue weighted by atomic mass is 10.0. The number of nitrogens with zero attached hydrogens (tertiary/aromatic N) is 1. The van der Waals surface area contributed by atoms with Crippen LogP contribution in [0.4, 0.5) is 5.69 Å². The molecule has 2 atom stereocenters. The standard InChI is InChI=1S/C12H16Br2N2O3S/c1-7(17)8-2-3-16(6-8)20(18,19)12-10(13)4-9(15)5-11(12)14/h4-5,7-8,17H,2-3,6,15H2,1H3. The zero-order chi connectivity index (χ0) is 15.1. The Bertz CT molecular complexity index is 596. The third-order valence-corrected chi connectivity index (χ3v) is 7.23. The average Bonchev–Trinajstić information content (AvgIpc) is 2.76. The van der Waals surface area contributed by atoms with Gasteiger partial charge in [-0.15, -0.1) is 0 Å². The van der Waals surface area contributed by atoms with E-state index in [9.17, 15) is 13.5 Å². The molecule has 1 aliphatic rings. The van der Waals surface area contributed by atoms with Gasteiger partial charge in [-0.25, -0.2) is 8.42 Å². The zero-order valence-electron chi connectivity index (χ0n) is 10.9. The van der Waals surface area contributed by atoms with Gasteiger partial charge < -0.3 is 10.8 Å². The maximum absolute atomic E-state index is 12.7. The fraction of sp³-hybridized carbons (Fsp3) is 0.500. The van der Waals surface area contributed by atoms with Crippen LogP contribution in [0.3, 0.4) is 0 Å². The van der Waals surface area contributed by atoms with E-state index in [-0.39, 0.29) is 10.8 Å². The molecule has 3 N–H and O–H groups in total. The van der Waals surface area contributed by atoms with Crippen molar-refractivity contribution in [3.63, 3.8) is 0 Å². The smallest absolute Gasteiger partial charge is 0.245 e. The van der Waals surface area contributed by atoms with Crippen molar-refractivity contribution in [2.75, 3.05) is 18.8 Å². The predicted molar refractivity (Wildman–Crippen MR) is 84.8 cm³/mol. The SMILES string of the molecule is CC(O)C1CCN(S(=O)(=O)c2c(Br)cc(N)cc2Br)C1. The molecule has 0 aliphatic carbocycles. The van der Waals surface area contributed by atoms with Crippen LogP contribution in [0.15, 0.2) is 26.0 Å². The number of anilines is 1. The minimum Gasteiger partial charge on any atom is -0.399 e. The van der Waals surface area contributed by atoms with Gasteiger partial charge in [-0.1, -0.05) is 0 Å². The molecule has 0 radical (unpaired) electrons. The van der Waals surface area contributed by atoms with Crippen molar-refractivity contribution in [1.82, 2.24) is 4.31 Å². The van der Waals surface area contributed by atoms with Crippen LogP contribution in [0.25, 0.3) is 0 Å². The first-order chi connectivity index (χ1) is 9.23. The zero-order valence-corrected chi connectivity index (χ0v) is 14.9. The highest BCUT2D eigenvalue weighted by Gasteiger charge is 2.36. The molecule has 2 unspecified atom stereocenters. The Labute approximate surface area is 135 Å². The number of aliphatic hydroxyl groups is 1. The van der Waals surface area contributed by atoms with E-state index >= 15 is 0 Å². The molecule has 1 aromatic rings. The fourth-order valence-corrected chi connectivity index (χ4v) is 6.37. The maximum atomic E-state index is 12.7. The Morgan fingerprint density at radius 2 is 1.95 bits per heavy atom. The van der Waals surface area contributed by atoms with Gasteiger partial charge in [-0.2, -0.15) is 4.31 Å². The second-order valence-electron chi connectivity index (χ2n) is 4.97. The first-order valence-corrected chi connectivity index (χ1v) is 9.19. The number of aliphatic hydroxyl groups excluding tert-OH is 1. The summed E-state index contributed by atoms with van der Waals surface area (Å²) in [6.45, 7) is 2.44.